The Morgan fingerprint density at radius 1 is 1.15 bits per heavy atom. The molecule has 3 rings (SSSR count). The standard InChI is InChI=1S/C20H27N3O3S/c1-20(2,3)27(24,25)19-9-8-16(14-23-19)22-13-15-10-11-21-18(12-15)26-17-6-4-5-7-17/h8-12,14,17,22H,4-7,13H2,1-3H3. The summed E-state index contributed by atoms with van der Waals surface area (Å²) in [6, 6.07) is 7.16. The Morgan fingerprint density at radius 3 is 2.52 bits per heavy atom. The van der Waals surface area contributed by atoms with Crippen molar-refractivity contribution in [3.8, 4) is 5.88 Å². The summed E-state index contributed by atoms with van der Waals surface area (Å²) in [6.07, 6.45) is 8.22. The summed E-state index contributed by atoms with van der Waals surface area (Å²) >= 11 is 0. The van der Waals surface area contributed by atoms with Crippen LogP contribution in [0.2, 0.25) is 0 Å². The first-order chi connectivity index (χ1) is 12.8. The molecule has 0 spiro atoms. The maximum absolute atomic E-state index is 12.4. The highest BCUT2D eigenvalue weighted by atomic mass is 32.2. The first-order valence-electron chi connectivity index (χ1n) is 9.32. The number of anilines is 1. The average Bonchev–Trinajstić information content (AvgIpc) is 3.13. The number of sulfone groups is 1. The summed E-state index contributed by atoms with van der Waals surface area (Å²) in [7, 11) is -3.44. The van der Waals surface area contributed by atoms with Crippen molar-refractivity contribution in [2.24, 2.45) is 0 Å². The molecule has 2 aromatic rings. The molecule has 0 saturated heterocycles. The minimum absolute atomic E-state index is 0.0942. The predicted molar refractivity (Wildman–Crippen MR) is 106 cm³/mol. The average molecular weight is 390 g/mol. The molecule has 0 unspecified atom stereocenters. The SMILES string of the molecule is CC(C)(C)S(=O)(=O)c1ccc(NCc2ccnc(OC3CCCC3)c2)cn1. The maximum Gasteiger partial charge on any atom is 0.213 e. The topological polar surface area (TPSA) is 81.2 Å². The van der Waals surface area contributed by atoms with Crippen LogP contribution in [0, 0.1) is 0 Å². The van der Waals surface area contributed by atoms with E-state index in [0.717, 1.165) is 24.1 Å². The third-order valence-corrected chi connectivity index (χ3v) is 7.11. The first kappa shape index (κ1) is 19.6. The van der Waals surface area contributed by atoms with Gasteiger partial charge in [0.25, 0.3) is 0 Å². The Balaban J connectivity index is 1.62. The van der Waals surface area contributed by atoms with Crippen molar-refractivity contribution >= 4 is 15.5 Å². The van der Waals surface area contributed by atoms with Gasteiger partial charge in [0.15, 0.2) is 14.9 Å². The van der Waals surface area contributed by atoms with E-state index in [2.05, 4.69) is 15.3 Å². The molecule has 2 heterocycles. The highest BCUT2D eigenvalue weighted by Crippen LogP contribution is 2.25. The fraction of sp³-hybridized carbons (Fsp3) is 0.500. The van der Waals surface area contributed by atoms with E-state index in [0.29, 0.717) is 12.4 Å². The van der Waals surface area contributed by atoms with Crippen LogP contribution in [0.4, 0.5) is 5.69 Å². The first-order valence-corrected chi connectivity index (χ1v) is 10.8. The van der Waals surface area contributed by atoms with E-state index in [1.165, 1.54) is 12.8 Å². The zero-order chi connectivity index (χ0) is 19.5. The van der Waals surface area contributed by atoms with Crippen LogP contribution in [-0.2, 0) is 16.4 Å². The van der Waals surface area contributed by atoms with E-state index in [1.807, 2.05) is 12.1 Å². The molecule has 0 amide bonds. The van der Waals surface area contributed by atoms with E-state index in [4.69, 9.17) is 4.74 Å². The second-order valence-corrected chi connectivity index (χ2v) is 10.5. The summed E-state index contributed by atoms with van der Waals surface area (Å²) in [5.74, 6) is 0.658. The number of pyridine rings is 2. The Morgan fingerprint density at radius 2 is 1.89 bits per heavy atom. The van der Waals surface area contributed by atoms with Gasteiger partial charge in [-0.25, -0.2) is 18.4 Å². The molecular formula is C20H27N3O3S. The van der Waals surface area contributed by atoms with Crippen LogP contribution in [0.25, 0.3) is 0 Å². The lowest BCUT2D eigenvalue weighted by Crippen LogP contribution is -2.28. The van der Waals surface area contributed by atoms with Crippen LogP contribution in [0.1, 0.15) is 52.0 Å². The van der Waals surface area contributed by atoms with E-state index in [-0.39, 0.29) is 11.1 Å². The van der Waals surface area contributed by atoms with Gasteiger partial charge >= 0.3 is 0 Å². The van der Waals surface area contributed by atoms with Crippen molar-refractivity contribution in [3.63, 3.8) is 0 Å². The second-order valence-electron chi connectivity index (χ2n) is 7.88. The molecule has 0 bridgehead atoms. The number of rotatable bonds is 6. The molecule has 1 aliphatic rings. The van der Waals surface area contributed by atoms with Crippen molar-refractivity contribution in [1.82, 2.24) is 9.97 Å². The third-order valence-electron chi connectivity index (χ3n) is 4.70. The molecule has 1 aliphatic carbocycles. The minimum Gasteiger partial charge on any atom is -0.474 e. The summed E-state index contributed by atoms with van der Waals surface area (Å²) in [4.78, 5) is 8.42. The maximum atomic E-state index is 12.4. The van der Waals surface area contributed by atoms with Crippen LogP contribution in [-0.4, -0.2) is 29.2 Å². The molecule has 6 nitrogen and oxygen atoms in total. The lowest BCUT2D eigenvalue weighted by Gasteiger charge is -2.18. The van der Waals surface area contributed by atoms with E-state index in [9.17, 15) is 8.42 Å². The second kappa shape index (κ2) is 7.84. The van der Waals surface area contributed by atoms with E-state index in [1.54, 1.807) is 45.3 Å². The Kier molecular flexibility index (Phi) is 5.69. The quantitative estimate of drug-likeness (QED) is 0.805. The van der Waals surface area contributed by atoms with Gasteiger partial charge in [0, 0.05) is 18.8 Å². The zero-order valence-electron chi connectivity index (χ0n) is 16.1. The Hall–Kier alpha value is -2.15. The summed E-state index contributed by atoms with van der Waals surface area (Å²) in [6.45, 7) is 5.59. The summed E-state index contributed by atoms with van der Waals surface area (Å²) < 4.78 is 29.9. The smallest absolute Gasteiger partial charge is 0.213 e. The van der Waals surface area contributed by atoms with Gasteiger partial charge in [-0.1, -0.05) is 0 Å². The van der Waals surface area contributed by atoms with Crippen LogP contribution in [0.3, 0.4) is 0 Å². The van der Waals surface area contributed by atoms with Crippen molar-refractivity contribution in [1.29, 1.82) is 0 Å². The summed E-state index contributed by atoms with van der Waals surface area (Å²) in [5.41, 5.74) is 1.81. The molecule has 7 heteroatoms. The molecule has 0 aliphatic heterocycles. The predicted octanol–water partition coefficient (Wildman–Crippen LogP) is 3.98. The normalized spacial score (nSPS) is 15.7. The summed E-state index contributed by atoms with van der Waals surface area (Å²) in [5, 5.41) is 3.35. The molecule has 0 aromatic carbocycles. The van der Waals surface area contributed by atoms with Crippen LogP contribution < -0.4 is 10.1 Å². The molecule has 0 atom stereocenters. The van der Waals surface area contributed by atoms with Gasteiger partial charge in [-0.2, -0.15) is 0 Å². The van der Waals surface area contributed by atoms with Gasteiger partial charge < -0.3 is 10.1 Å². The molecule has 1 N–H and O–H groups in total. The van der Waals surface area contributed by atoms with Crippen LogP contribution in [0.5, 0.6) is 5.88 Å². The van der Waals surface area contributed by atoms with Gasteiger partial charge in [-0.15, -0.1) is 0 Å². The largest absolute Gasteiger partial charge is 0.474 e. The fourth-order valence-corrected chi connectivity index (χ4v) is 4.03. The molecule has 2 aromatic heterocycles. The number of ether oxygens (including phenoxy) is 1. The van der Waals surface area contributed by atoms with E-state index >= 15 is 0 Å². The monoisotopic (exact) mass is 389 g/mol. The van der Waals surface area contributed by atoms with Crippen molar-refractivity contribution < 1.29 is 13.2 Å². The number of nitrogens with one attached hydrogen (secondary N) is 1. The third kappa shape index (κ3) is 4.77. The Bertz CT molecular complexity index is 868. The lowest BCUT2D eigenvalue weighted by atomic mass is 10.2. The van der Waals surface area contributed by atoms with Gasteiger partial charge in [0.2, 0.25) is 5.88 Å². The number of hydrogen-bond acceptors (Lipinski definition) is 6. The van der Waals surface area contributed by atoms with Gasteiger partial charge in [-0.3, -0.25) is 0 Å². The number of nitrogens with zero attached hydrogens (tertiary/aromatic N) is 2. The molecule has 27 heavy (non-hydrogen) atoms. The highest BCUT2D eigenvalue weighted by molar-refractivity contribution is 7.92. The lowest BCUT2D eigenvalue weighted by molar-refractivity contribution is 0.201. The van der Waals surface area contributed by atoms with E-state index < -0.39 is 14.6 Å². The van der Waals surface area contributed by atoms with Gasteiger partial charge in [0.1, 0.15) is 6.10 Å². The van der Waals surface area contributed by atoms with Crippen molar-refractivity contribution in [2.75, 3.05) is 5.32 Å². The number of aromatic nitrogens is 2. The van der Waals surface area contributed by atoms with Crippen molar-refractivity contribution in [3.05, 3.63) is 42.2 Å². The van der Waals surface area contributed by atoms with Crippen LogP contribution >= 0.6 is 0 Å². The number of hydrogen-bond donors (Lipinski definition) is 1. The molecular weight excluding hydrogens is 362 g/mol. The molecule has 146 valence electrons. The van der Waals surface area contributed by atoms with Crippen molar-refractivity contribution in [2.45, 2.75) is 68.9 Å². The highest BCUT2D eigenvalue weighted by Gasteiger charge is 2.31. The van der Waals surface area contributed by atoms with Gasteiger partial charge in [-0.05, 0) is 70.2 Å². The Labute approximate surface area is 161 Å². The zero-order valence-corrected chi connectivity index (χ0v) is 16.9. The molecule has 0 radical (unpaired) electrons. The van der Waals surface area contributed by atoms with Crippen LogP contribution in [0.15, 0.2) is 41.7 Å². The molecule has 1 fully saturated rings. The fourth-order valence-electron chi connectivity index (χ4n) is 2.96. The minimum atomic E-state index is -3.44. The van der Waals surface area contributed by atoms with Gasteiger partial charge in [0.05, 0.1) is 16.6 Å². The molecule has 1 saturated carbocycles.